The van der Waals surface area contributed by atoms with Gasteiger partial charge in [-0.2, -0.15) is 0 Å². The molecule has 5 heteroatoms. The summed E-state index contributed by atoms with van der Waals surface area (Å²) in [6, 6.07) is 9.64. The van der Waals surface area contributed by atoms with Gasteiger partial charge in [-0.25, -0.2) is 13.6 Å². The zero-order chi connectivity index (χ0) is 14.5. The van der Waals surface area contributed by atoms with Crippen LogP contribution in [-0.4, -0.2) is 17.6 Å². The lowest BCUT2D eigenvalue weighted by atomic mass is 10.1. The maximum atomic E-state index is 13.0. The smallest absolute Gasteiger partial charge is 0.337 e. The fraction of sp³-hybridized carbons (Fsp3) is 0.133. The first-order valence-electron chi connectivity index (χ1n) is 6.07. The number of halogens is 2. The van der Waals surface area contributed by atoms with E-state index in [0.29, 0.717) is 18.7 Å². The number of hydrogen-bond acceptors (Lipinski definition) is 2. The monoisotopic (exact) mass is 277 g/mol. The molecule has 0 aliphatic rings. The number of carboxylic acids is 1. The van der Waals surface area contributed by atoms with Crippen LogP contribution in [0.2, 0.25) is 0 Å². The van der Waals surface area contributed by atoms with Crippen molar-refractivity contribution in [1.82, 2.24) is 0 Å². The predicted molar refractivity (Wildman–Crippen MR) is 72.0 cm³/mol. The first-order valence-corrected chi connectivity index (χ1v) is 6.07. The van der Waals surface area contributed by atoms with Crippen LogP contribution in [0.25, 0.3) is 0 Å². The van der Waals surface area contributed by atoms with Gasteiger partial charge in [0.25, 0.3) is 0 Å². The average molecular weight is 277 g/mol. The second kappa shape index (κ2) is 6.14. The van der Waals surface area contributed by atoms with Crippen LogP contribution in [0.5, 0.6) is 0 Å². The number of benzene rings is 2. The summed E-state index contributed by atoms with van der Waals surface area (Å²) >= 11 is 0. The summed E-state index contributed by atoms with van der Waals surface area (Å²) in [5.41, 5.74) is 1.18. The molecule has 0 aromatic heterocycles. The van der Waals surface area contributed by atoms with E-state index in [9.17, 15) is 13.6 Å². The molecule has 0 atom stereocenters. The molecule has 0 spiro atoms. The molecule has 2 aromatic carbocycles. The van der Waals surface area contributed by atoms with Gasteiger partial charge in [0.05, 0.1) is 5.56 Å². The normalized spacial score (nSPS) is 10.3. The Labute approximate surface area is 114 Å². The van der Waals surface area contributed by atoms with E-state index in [4.69, 9.17) is 5.11 Å². The van der Waals surface area contributed by atoms with Gasteiger partial charge in [-0.1, -0.05) is 12.1 Å². The third-order valence-corrected chi connectivity index (χ3v) is 2.85. The Bertz CT molecular complexity index is 612. The quantitative estimate of drug-likeness (QED) is 0.881. The van der Waals surface area contributed by atoms with Gasteiger partial charge in [0.1, 0.15) is 11.6 Å². The molecular formula is C15H13F2NO2. The fourth-order valence-corrected chi connectivity index (χ4v) is 1.84. The molecule has 2 rings (SSSR count). The maximum absolute atomic E-state index is 13.0. The van der Waals surface area contributed by atoms with E-state index in [1.165, 1.54) is 24.3 Å². The van der Waals surface area contributed by atoms with E-state index in [1.54, 1.807) is 12.1 Å². The van der Waals surface area contributed by atoms with Gasteiger partial charge in [-0.3, -0.25) is 0 Å². The lowest BCUT2D eigenvalue weighted by Crippen LogP contribution is -2.10. The minimum Gasteiger partial charge on any atom is -0.478 e. The molecule has 0 bridgehead atoms. The van der Waals surface area contributed by atoms with Crippen molar-refractivity contribution in [3.63, 3.8) is 0 Å². The highest BCUT2D eigenvalue weighted by Crippen LogP contribution is 2.17. The number of rotatable bonds is 5. The summed E-state index contributed by atoms with van der Waals surface area (Å²) in [4.78, 5) is 11.0. The standard InChI is InChI=1S/C15H13F2NO2/c16-11-3-1-10(2-4-11)7-8-18-14-6-5-12(17)9-13(14)15(19)20/h1-6,9,18H,7-8H2,(H,19,20). The second-order valence-electron chi connectivity index (χ2n) is 4.30. The molecule has 0 heterocycles. The molecule has 0 fully saturated rings. The number of aromatic carboxylic acids is 1. The van der Waals surface area contributed by atoms with Gasteiger partial charge in [0, 0.05) is 12.2 Å². The molecule has 3 nitrogen and oxygen atoms in total. The number of hydrogen-bond donors (Lipinski definition) is 2. The van der Waals surface area contributed by atoms with Crippen LogP contribution < -0.4 is 5.32 Å². The first kappa shape index (κ1) is 14.0. The number of nitrogens with one attached hydrogen (secondary N) is 1. The lowest BCUT2D eigenvalue weighted by Gasteiger charge is -2.09. The van der Waals surface area contributed by atoms with Crippen molar-refractivity contribution in [2.24, 2.45) is 0 Å². The summed E-state index contributed by atoms with van der Waals surface area (Å²) in [5.74, 6) is -2.08. The van der Waals surface area contributed by atoms with Gasteiger partial charge in [-0.05, 0) is 42.3 Å². The maximum Gasteiger partial charge on any atom is 0.337 e. The molecule has 104 valence electrons. The Morgan fingerprint density at radius 1 is 1.05 bits per heavy atom. The van der Waals surface area contributed by atoms with Crippen LogP contribution in [0, 0.1) is 11.6 Å². The topological polar surface area (TPSA) is 49.3 Å². The van der Waals surface area contributed by atoms with E-state index in [-0.39, 0.29) is 11.4 Å². The van der Waals surface area contributed by atoms with E-state index in [1.807, 2.05) is 0 Å². The van der Waals surface area contributed by atoms with E-state index < -0.39 is 11.8 Å². The van der Waals surface area contributed by atoms with Crippen molar-refractivity contribution in [2.45, 2.75) is 6.42 Å². The number of carbonyl (C=O) groups is 1. The van der Waals surface area contributed by atoms with Gasteiger partial charge in [-0.15, -0.1) is 0 Å². The molecule has 0 amide bonds. The van der Waals surface area contributed by atoms with Crippen molar-refractivity contribution < 1.29 is 18.7 Å². The average Bonchev–Trinajstić information content (AvgIpc) is 2.42. The van der Waals surface area contributed by atoms with E-state index >= 15 is 0 Å². The molecule has 20 heavy (non-hydrogen) atoms. The van der Waals surface area contributed by atoms with Crippen molar-refractivity contribution in [2.75, 3.05) is 11.9 Å². The second-order valence-corrected chi connectivity index (χ2v) is 4.30. The molecule has 0 aliphatic heterocycles. The molecule has 0 aliphatic carbocycles. The third-order valence-electron chi connectivity index (χ3n) is 2.85. The summed E-state index contributed by atoms with van der Waals surface area (Å²) in [6.07, 6.45) is 0.608. The van der Waals surface area contributed by atoms with Crippen molar-refractivity contribution in [3.8, 4) is 0 Å². The molecule has 0 saturated carbocycles. The van der Waals surface area contributed by atoms with Crippen LogP contribution in [0.4, 0.5) is 14.5 Å². The van der Waals surface area contributed by atoms with Crippen molar-refractivity contribution >= 4 is 11.7 Å². The molecule has 0 saturated heterocycles. The van der Waals surface area contributed by atoms with Gasteiger partial charge < -0.3 is 10.4 Å². The number of anilines is 1. The Morgan fingerprint density at radius 3 is 2.35 bits per heavy atom. The fourth-order valence-electron chi connectivity index (χ4n) is 1.84. The zero-order valence-corrected chi connectivity index (χ0v) is 10.6. The van der Waals surface area contributed by atoms with Crippen molar-refractivity contribution in [1.29, 1.82) is 0 Å². The van der Waals surface area contributed by atoms with Crippen LogP contribution in [0.15, 0.2) is 42.5 Å². The first-order chi connectivity index (χ1) is 9.56. The molecule has 0 unspecified atom stereocenters. The summed E-state index contributed by atoms with van der Waals surface area (Å²) in [7, 11) is 0. The summed E-state index contributed by atoms with van der Waals surface area (Å²) in [6.45, 7) is 0.470. The predicted octanol–water partition coefficient (Wildman–Crippen LogP) is 3.32. The van der Waals surface area contributed by atoms with Crippen LogP contribution in [0.3, 0.4) is 0 Å². The van der Waals surface area contributed by atoms with Crippen molar-refractivity contribution in [3.05, 3.63) is 65.2 Å². The largest absolute Gasteiger partial charge is 0.478 e. The molecule has 2 N–H and O–H groups in total. The van der Waals surface area contributed by atoms with Gasteiger partial charge in [0.15, 0.2) is 0 Å². The zero-order valence-electron chi connectivity index (χ0n) is 10.6. The minimum atomic E-state index is -1.19. The molecule has 0 radical (unpaired) electrons. The Kier molecular flexibility index (Phi) is 4.30. The van der Waals surface area contributed by atoms with E-state index in [0.717, 1.165) is 11.6 Å². The third kappa shape index (κ3) is 3.54. The SMILES string of the molecule is O=C(O)c1cc(F)ccc1NCCc1ccc(F)cc1. The molecular weight excluding hydrogens is 264 g/mol. The Balaban J connectivity index is 2.00. The Hall–Kier alpha value is -2.43. The van der Waals surface area contributed by atoms with E-state index in [2.05, 4.69) is 5.32 Å². The minimum absolute atomic E-state index is 0.107. The van der Waals surface area contributed by atoms with Crippen LogP contribution in [0.1, 0.15) is 15.9 Å². The van der Waals surface area contributed by atoms with Crippen LogP contribution >= 0.6 is 0 Å². The molecule has 2 aromatic rings. The highest BCUT2D eigenvalue weighted by atomic mass is 19.1. The number of carboxylic acid groups (broad SMARTS) is 1. The van der Waals surface area contributed by atoms with Gasteiger partial charge in [0.2, 0.25) is 0 Å². The Morgan fingerprint density at radius 2 is 1.70 bits per heavy atom. The summed E-state index contributed by atoms with van der Waals surface area (Å²) < 4.78 is 25.7. The lowest BCUT2D eigenvalue weighted by molar-refractivity contribution is 0.0697. The van der Waals surface area contributed by atoms with Crippen LogP contribution in [-0.2, 0) is 6.42 Å². The highest BCUT2D eigenvalue weighted by Gasteiger charge is 2.10. The van der Waals surface area contributed by atoms with Gasteiger partial charge >= 0.3 is 5.97 Å². The summed E-state index contributed by atoms with van der Waals surface area (Å²) in [5, 5.41) is 11.9. The highest BCUT2D eigenvalue weighted by molar-refractivity contribution is 5.94.